The van der Waals surface area contributed by atoms with Crippen molar-refractivity contribution in [2.24, 2.45) is 0 Å². The quantitative estimate of drug-likeness (QED) is 0.890. The van der Waals surface area contributed by atoms with E-state index in [1.54, 1.807) is 6.07 Å². The number of carbonyl (C=O) groups is 1. The second-order valence-electron chi connectivity index (χ2n) is 3.26. The van der Waals surface area contributed by atoms with Crippen molar-refractivity contribution in [3.63, 3.8) is 0 Å². The summed E-state index contributed by atoms with van der Waals surface area (Å²) in [5.41, 5.74) is 0.536. The topological polar surface area (TPSA) is 45.5 Å². The number of likely N-dealkylation sites (N-methyl/N-ethyl adjacent to an activating group) is 1. The first-order valence-electron chi connectivity index (χ1n) is 4.85. The molecule has 4 nitrogen and oxygen atoms in total. The lowest BCUT2D eigenvalue weighted by atomic mass is 10.3. The van der Waals surface area contributed by atoms with E-state index in [1.165, 1.54) is 6.26 Å². The summed E-state index contributed by atoms with van der Waals surface area (Å²) in [5.74, 6) is -0.111. The highest BCUT2D eigenvalue weighted by Crippen LogP contribution is 2.16. The Labute approximate surface area is 97.8 Å². The van der Waals surface area contributed by atoms with E-state index < -0.39 is 0 Å². The summed E-state index contributed by atoms with van der Waals surface area (Å²) >= 11 is 3.16. The van der Waals surface area contributed by atoms with E-state index in [9.17, 15) is 4.79 Å². The van der Waals surface area contributed by atoms with Crippen molar-refractivity contribution in [1.82, 2.24) is 10.2 Å². The molecule has 0 saturated heterocycles. The minimum Gasteiger partial charge on any atom is -0.457 e. The largest absolute Gasteiger partial charge is 0.457 e. The van der Waals surface area contributed by atoms with Gasteiger partial charge in [0.25, 0.3) is 5.91 Å². The average molecular weight is 275 g/mol. The Kier molecular flexibility index (Phi) is 4.84. The van der Waals surface area contributed by atoms with Crippen LogP contribution in [-0.4, -0.2) is 37.5 Å². The lowest BCUT2D eigenvalue weighted by molar-refractivity contribution is 0.0948. The molecular weight excluding hydrogens is 260 g/mol. The molecule has 0 unspecified atom stereocenters. The third-order valence-electron chi connectivity index (χ3n) is 2.18. The highest BCUT2D eigenvalue weighted by Gasteiger charge is 2.11. The van der Waals surface area contributed by atoms with Crippen LogP contribution < -0.4 is 5.32 Å². The first kappa shape index (κ1) is 12.3. The van der Waals surface area contributed by atoms with Gasteiger partial charge >= 0.3 is 0 Å². The molecular formula is C10H15BrN2O2. The Morgan fingerprint density at radius 2 is 2.40 bits per heavy atom. The molecule has 0 saturated carbocycles. The van der Waals surface area contributed by atoms with Crippen molar-refractivity contribution < 1.29 is 9.21 Å². The first-order valence-corrected chi connectivity index (χ1v) is 5.64. The van der Waals surface area contributed by atoms with Crippen LogP contribution in [0.2, 0.25) is 0 Å². The third kappa shape index (κ3) is 3.68. The molecule has 84 valence electrons. The zero-order valence-electron chi connectivity index (χ0n) is 8.92. The highest BCUT2D eigenvalue weighted by molar-refractivity contribution is 9.10. The fraction of sp³-hybridized carbons (Fsp3) is 0.500. The standard InChI is InChI=1S/C10H15BrN2O2/c1-3-13(2)6-5-12-10(14)8-4-7-15-9(8)11/h4,7H,3,5-6H2,1-2H3,(H,12,14). The van der Waals surface area contributed by atoms with E-state index in [0.29, 0.717) is 16.8 Å². The van der Waals surface area contributed by atoms with Crippen LogP contribution in [0, 0.1) is 0 Å². The van der Waals surface area contributed by atoms with Crippen molar-refractivity contribution in [1.29, 1.82) is 0 Å². The summed E-state index contributed by atoms with van der Waals surface area (Å²) < 4.78 is 5.46. The smallest absolute Gasteiger partial charge is 0.255 e. The molecule has 1 rings (SSSR count). The van der Waals surface area contributed by atoms with Gasteiger partial charge in [0, 0.05) is 13.1 Å². The van der Waals surface area contributed by atoms with E-state index in [1.807, 2.05) is 7.05 Å². The van der Waals surface area contributed by atoms with E-state index in [0.717, 1.165) is 13.1 Å². The second-order valence-corrected chi connectivity index (χ2v) is 3.98. The number of nitrogens with one attached hydrogen (secondary N) is 1. The maximum absolute atomic E-state index is 11.6. The maximum Gasteiger partial charge on any atom is 0.255 e. The number of amides is 1. The zero-order chi connectivity index (χ0) is 11.3. The van der Waals surface area contributed by atoms with Crippen LogP contribution in [0.5, 0.6) is 0 Å². The normalized spacial score (nSPS) is 10.7. The maximum atomic E-state index is 11.6. The van der Waals surface area contributed by atoms with E-state index in [4.69, 9.17) is 4.42 Å². The Bertz CT molecular complexity index is 325. The fourth-order valence-corrected chi connectivity index (χ4v) is 1.49. The minimum atomic E-state index is -0.111. The van der Waals surface area contributed by atoms with Crippen LogP contribution in [0.25, 0.3) is 0 Å². The molecule has 1 N–H and O–H groups in total. The van der Waals surface area contributed by atoms with E-state index in [2.05, 4.69) is 33.1 Å². The minimum absolute atomic E-state index is 0.111. The summed E-state index contributed by atoms with van der Waals surface area (Å²) in [6.45, 7) is 4.54. The monoisotopic (exact) mass is 274 g/mol. The zero-order valence-corrected chi connectivity index (χ0v) is 10.5. The molecule has 0 aromatic carbocycles. The van der Waals surface area contributed by atoms with E-state index in [-0.39, 0.29) is 5.91 Å². The molecule has 0 atom stereocenters. The molecule has 0 aliphatic heterocycles. The van der Waals surface area contributed by atoms with Crippen LogP contribution in [0.1, 0.15) is 17.3 Å². The molecule has 0 bridgehead atoms. The molecule has 15 heavy (non-hydrogen) atoms. The van der Waals surface area contributed by atoms with Crippen molar-refractivity contribution in [2.45, 2.75) is 6.92 Å². The highest BCUT2D eigenvalue weighted by atomic mass is 79.9. The van der Waals surface area contributed by atoms with Gasteiger partial charge in [0.1, 0.15) is 0 Å². The molecule has 5 heteroatoms. The number of rotatable bonds is 5. The molecule has 1 aromatic heterocycles. The number of furan rings is 1. The van der Waals surface area contributed by atoms with Gasteiger partial charge in [-0.25, -0.2) is 0 Å². The van der Waals surface area contributed by atoms with Gasteiger partial charge in [0.2, 0.25) is 0 Å². The lowest BCUT2D eigenvalue weighted by Gasteiger charge is -2.13. The average Bonchev–Trinajstić information content (AvgIpc) is 2.64. The van der Waals surface area contributed by atoms with Crippen LogP contribution in [0.3, 0.4) is 0 Å². The number of hydrogen-bond donors (Lipinski definition) is 1. The van der Waals surface area contributed by atoms with Gasteiger partial charge in [0.15, 0.2) is 4.67 Å². The molecule has 0 spiro atoms. The molecule has 0 radical (unpaired) electrons. The summed E-state index contributed by atoms with van der Waals surface area (Å²) in [6, 6.07) is 1.64. The van der Waals surface area contributed by atoms with Gasteiger partial charge < -0.3 is 14.6 Å². The summed E-state index contributed by atoms with van der Waals surface area (Å²) in [4.78, 5) is 13.7. The SMILES string of the molecule is CCN(C)CCNC(=O)c1ccoc1Br. The van der Waals surface area contributed by atoms with Gasteiger partial charge in [-0.2, -0.15) is 0 Å². The molecule has 1 amide bonds. The first-order chi connectivity index (χ1) is 7.15. The summed E-state index contributed by atoms with van der Waals surface area (Å²) in [5, 5.41) is 2.82. The summed E-state index contributed by atoms with van der Waals surface area (Å²) in [7, 11) is 2.01. The molecule has 1 heterocycles. The van der Waals surface area contributed by atoms with Gasteiger partial charge in [0.05, 0.1) is 11.8 Å². The van der Waals surface area contributed by atoms with Crippen molar-refractivity contribution in [3.05, 3.63) is 22.6 Å². The van der Waals surface area contributed by atoms with Crippen molar-refractivity contribution in [3.8, 4) is 0 Å². The van der Waals surface area contributed by atoms with Crippen LogP contribution in [0.15, 0.2) is 21.4 Å². The Morgan fingerprint density at radius 3 is 2.93 bits per heavy atom. The van der Waals surface area contributed by atoms with Gasteiger partial charge in [-0.15, -0.1) is 0 Å². The van der Waals surface area contributed by atoms with E-state index >= 15 is 0 Å². The molecule has 0 fully saturated rings. The predicted molar refractivity (Wildman–Crippen MR) is 61.9 cm³/mol. The Morgan fingerprint density at radius 1 is 1.67 bits per heavy atom. The lowest BCUT2D eigenvalue weighted by Crippen LogP contribution is -2.32. The molecule has 0 aliphatic rings. The number of hydrogen-bond acceptors (Lipinski definition) is 3. The second kappa shape index (κ2) is 5.92. The number of nitrogens with zero attached hydrogens (tertiary/aromatic N) is 1. The van der Waals surface area contributed by atoms with Crippen LogP contribution in [0.4, 0.5) is 0 Å². The van der Waals surface area contributed by atoms with Crippen LogP contribution >= 0.6 is 15.9 Å². The third-order valence-corrected chi connectivity index (χ3v) is 2.80. The van der Waals surface area contributed by atoms with Gasteiger partial charge in [-0.3, -0.25) is 4.79 Å². The Hall–Kier alpha value is -0.810. The predicted octanol–water partition coefficient (Wildman–Crippen LogP) is 1.72. The van der Waals surface area contributed by atoms with Crippen molar-refractivity contribution >= 4 is 21.8 Å². The van der Waals surface area contributed by atoms with Gasteiger partial charge in [-0.05, 0) is 35.6 Å². The number of halogens is 1. The van der Waals surface area contributed by atoms with Gasteiger partial charge in [-0.1, -0.05) is 6.92 Å². The molecule has 1 aromatic rings. The molecule has 0 aliphatic carbocycles. The summed E-state index contributed by atoms with van der Waals surface area (Å²) in [6.07, 6.45) is 1.48. The van der Waals surface area contributed by atoms with Crippen LogP contribution in [-0.2, 0) is 0 Å². The Balaban J connectivity index is 2.34. The fourth-order valence-electron chi connectivity index (χ4n) is 1.07. The number of carbonyl (C=O) groups excluding carboxylic acids is 1. The van der Waals surface area contributed by atoms with Crippen molar-refractivity contribution in [2.75, 3.05) is 26.7 Å².